The molecule has 4 rings (SSSR count). The summed E-state index contributed by atoms with van der Waals surface area (Å²) in [6.45, 7) is 4.03. The molecular weight excluding hydrogens is 414 g/mol. The first-order chi connectivity index (χ1) is 16.1. The van der Waals surface area contributed by atoms with E-state index in [-0.39, 0.29) is 24.3 Å². The van der Waals surface area contributed by atoms with E-state index in [0.717, 1.165) is 16.7 Å². The molecule has 3 aromatic rings. The fraction of sp³-hybridized carbons (Fsp3) is 0.296. The molecule has 33 heavy (non-hydrogen) atoms. The van der Waals surface area contributed by atoms with Crippen LogP contribution in [0.15, 0.2) is 79.1 Å². The lowest BCUT2D eigenvalue weighted by molar-refractivity contribution is -0.135. The third-order valence-electron chi connectivity index (χ3n) is 5.99. The summed E-state index contributed by atoms with van der Waals surface area (Å²) in [5, 5.41) is 0. The summed E-state index contributed by atoms with van der Waals surface area (Å²) in [5.74, 6) is 0.371. The molecular formula is C27H29N3O3. The number of carbonyl (C=O) groups is 2. The van der Waals surface area contributed by atoms with Gasteiger partial charge >= 0.3 is 0 Å². The molecule has 170 valence electrons. The van der Waals surface area contributed by atoms with Gasteiger partial charge in [0.05, 0.1) is 5.92 Å². The summed E-state index contributed by atoms with van der Waals surface area (Å²) in [6, 6.07) is 21.4. The second-order valence-corrected chi connectivity index (χ2v) is 8.20. The Bertz CT molecular complexity index is 1070. The van der Waals surface area contributed by atoms with Crippen molar-refractivity contribution >= 4 is 11.8 Å². The van der Waals surface area contributed by atoms with Crippen LogP contribution in [-0.2, 0) is 16.0 Å². The van der Waals surface area contributed by atoms with Gasteiger partial charge < -0.3 is 14.5 Å². The lowest BCUT2D eigenvalue weighted by atomic mass is 9.95. The van der Waals surface area contributed by atoms with Gasteiger partial charge in [0.25, 0.3) is 5.91 Å². The number of aromatic nitrogens is 1. The molecule has 2 amide bonds. The monoisotopic (exact) mass is 443 g/mol. The predicted molar refractivity (Wildman–Crippen MR) is 128 cm³/mol. The Balaban J connectivity index is 1.48. The Labute approximate surface area is 194 Å². The van der Waals surface area contributed by atoms with E-state index in [0.29, 0.717) is 38.3 Å². The van der Waals surface area contributed by atoms with Crippen LogP contribution >= 0.6 is 0 Å². The highest BCUT2D eigenvalue weighted by Gasteiger charge is 2.31. The highest BCUT2D eigenvalue weighted by Crippen LogP contribution is 2.23. The van der Waals surface area contributed by atoms with Crippen LogP contribution in [-0.4, -0.2) is 59.4 Å². The van der Waals surface area contributed by atoms with Crippen LogP contribution in [0.3, 0.4) is 0 Å². The largest absolute Gasteiger partial charge is 0.484 e. The summed E-state index contributed by atoms with van der Waals surface area (Å²) in [5.41, 5.74) is 3.18. The molecule has 1 saturated heterocycles. The molecule has 6 nitrogen and oxygen atoms in total. The Hall–Kier alpha value is -3.67. The van der Waals surface area contributed by atoms with Crippen LogP contribution in [0.5, 0.6) is 5.75 Å². The highest BCUT2D eigenvalue weighted by molar-refractivity contribution is 5.83. The number of hydrogen-bond donors (Lipinski definition) is 0. The topological polar surface area (TPSA) is 62.7 Å². The van der Waals surface area contributed by atoms with Crippen molar-refractivity contribution in [3.63, 3.8) is 0 Å². The molecule has 0 spiro atoms. The zero-order valence-electron chi connectivity index (χ0n) is 18.9. The van der Waals surface area contributed by atoms with Gasteiger partial charge in [-0.2, -0.15) is 0 Å². The Morgan fingerprint density at radius 2 is 1.85 bits per heavy atom. The van der Waals surface area contributed by atoms with Crippen LogP contribution in [0.4, 0.5) is 0 Å². The quantitative estimate of drug-likeness (QED) is 0.559. The van der Waals surface area contributed by atoms with Crippen molar-refractivity contribution in [2.45, 2.75) is 13.3 Å². The van der Waals surface area contributed by atoms with E-state index in [9.17, 15) is 9.59 Å². The molecule has 0 unspecified atom stereocenters. The number of pyridine rings is 1. The van der Waals surface area contributed by atoms with Crippen LogP contribution in [0.1, 0.15) is 12.5 Å². The number of carbonyl (C=O) groups excluding carboxylic acids is 2. The molecule has 0 bridgehead atoms. The average molecular weight is 444 g/mol. The van der Waals surface area contributed by atoms with Crippen LogP contribution in [0, 0.1) is 5.92 Å². The molecule has 0 radical (unpaired) electrons. The van der Waals surface area contributed by atoms with Crippen molar-refractivity contribution in [2.24, 2.45) is 5.92 Å². The molecule has 0 aliphatic carbocycles. The van der Waals surface area contributed by atoms with Crippen molar-refractivity contribution in [3.8, 4) is 16.9 Å². The summed E-state index contributed by atoms with van der Waals surface area (Å²) in [4.78, 5) is 34.0. The zero-order valence-corrected chi connectivity index (χ0v) is 18.9. The van der Waals surface area contributed by atoms with Gasteiger partial charge in [-0.15, -0.1) is 0 Å². The van der Waals surface area contributed by atoms with E-state index in [4.69, 9.17) is 4.74 Å². The summed E-state index contributed by atoms with van der Waals surface area (Å²) < 4.78 is 5.66. The number of para-hydroxylation sites is 1. The molecule has 1 aliphatic rings. The fourth-order valence-corrected chi connectivity index (χ4v) is 4.19. The van der Waals surface area contributed by atoms with Gasteiger partial charge in [-0.1, -0.05) is 48.5 Å². The molecule has 2 aromatic carbocycles. The minimum absolute atomic E-state index is 0.0342. The van der Waals surface area contributed by atoms with Gasteiger partial charge in [-0.3, -0.25) is 14.6 Å². The molecule has 1 fully saturated rings. The molecule has 0 N–H and O–H groups in total. The van der Waals surface area contributed by atoms with Crippen molar-refractivity contribution in [2.75, 3.05) is 32.8 Å². The van der Waals surface area contributed by atoms with Gasteiger partial charge in [0.15, 0.2) is 6.61 Å². The minimum atomic E-state index is -0.294. The van der Waals surface area contributed by atoms with Gasteiger partial charge in [0.1, 0.15) is 5.75 Å². The Kier molecular flexibility index (Phi) is 7.35. The number of hydrogen-bond acceptors (Lipinski definition) is 4. The number of ether oxygens (including phenoxy) is 1. The summed E-state index contributed by atoms with van der Waals surface area (Å²) in [7, 11) is 0. The zero-order chi connectivity index (χ0) is 23.0. The van der Waals surface area contributed by atoms with Crippen LogP contribution in [0.2, 0.25) is 0 Å². The standard InChI is InChI=1S/C27H29N3O3/c1-2-29-14-15-30(26(31)20-33-25-11-4-3-5-12-25)19-24(27(29)32)17-21-8-6-9-22(16-21)23-10-7-13-28-18-23/h3-13,16,18,24H,2,14-15,17,19-20H2,1H3/t24-/m0/s1. The number of nitrogens with zero attached hydrogens (tertiary/aromatic N) is 3. The first-order valence-electron chi connectivity index (χ1n) is 11.4. The van der Waals surface area contributed by atoms with Crippen LogP contribution in [0.25, 0.3) is 11.1 Å². The molecule has 1 aromatic heterocycles. The average Bonchev–Trinajstić information content (AvgIpc) is 3.02. The van der Waals surface area contributed by atoms with Crippen molar-refractivity contribution in [3.05, 3.63) is 84.7 Å². The lowest BCUT2D eigenvalue weighted by Gasteiger charge is -2.24. The minimum Gasteiger partial charge on any atom is -0.484 e. The van der Waals surface area contributed by atoms with E-state index in [2.05, 4.69) is 11.1 Å². The second-order valence-electron chi connectivity index (χ2n) is 8.20. The number of likely N-dealkylation sites (N-methyl/N-ethyl adjacent to an activating group) is 1. The van der Waals surface area contributed by atoms with Crippen molar-refractivity contribution < 1.29 is 14.3 Å². The number of benzene rings is 2. The normalized spacial score (nSPS) is 16.4. The maximum Gasteiger partial charge on any atom is 0.260 e. The highest BCUT2D eigenvalue weighted by atomic mass is 16.5. The van der Waals surface area contributed by atoms with E-state index >= 15 is 0 Å². The maximum atomic E-state index is 13.2. The first kappa shape index (κ1) is 22.5. The maximum absolute atomic E-state index is 13.2. The van der Waals surface area contributed by atoms with Crippen molar-refractivity contribution in [1.29, 1.82) is 0 Å². The first-order valence-corrected chi connectivity index (χ1v) is 11.4. The fourth-order valence-electron chi connectivity index (χ4n) is 4.19. The Morgan fingerprint density at radius 3 is 2.61 bits per heavy atom. The van der Waals surface area contributed by atoms with E-state index in [1.54, 1.807) is 11.1 Å². The summed E-state index contributed by atoms with van der Waals surface area (Å²) >= 11 is 0. The molecule has 0 saturated carbocycles. The molecule has 6 heteroatoms. The molecule has 1 aliphatic heterocycles. The van der Waals surface area contributed by atoms with Gasteiger partial charge in [-0.25, -0.2) is 0 Å². The van der Waals surface area contributed by atoms with E-state index < -0.39 is 0 Å². The van der Waals surface area contributed by atoms with Crippen molar-refractivity contribution in [1.82, 2.24) is 14.8 Å². The Morgan fingerprint density at radius 1 is 1.03 bits per heavy atom. The van der Waals surface area contributed by atoms with Gasteiger partial charge in [0.2, 0.25) is 5.91 Å². The number of amides is 2. The summed E-state index contributed by atoms with van der Waals surface area (Å²) in [6.07, 6.45) is 4.17. The van der Waals surface area contributed by atoms with E-state index in [1.165, 1.54) is 0 Å². The second kappa shape index (κ2) is 10.8. The third-order valence-corrected chi connectivity index (χ3v) is 5.99. The van der Waals surface area contributed by atoms with Gasteiger partial charge in [-0.05, 0) is 48.2 Å². The smallest absolute Gasteiger partial charge is 0.260 e. The van der Waals surface area contributed by atoms with Crippen LogP contribution < -0.4 is 4.74 Å². The third kappa shape index (κ3) is 5.77. The predicted octanol–water partition coefficient (Wildman–Crippen LogP) is 3.68. The van der Waals surface area contributed by atoms with E-state index in [1.807, 2.05) is 78.7 Å². The lowest BCUT2D eigenvalue weighted by Crippen LogP contribution is -2.39. The SMILES string of the molecule is CCN1CCN(C(=O)COc2ccccc2)C[C@H](Cc2cccc(-c3cccnc3)c2)C1=O. The molecule has 1 atom stereocenters. The van der Waals surface area contributed by atoms with Gasteiger partial charge in [0, 0.05) is 38.6 Å². The number of rotatable bonds is 7. The molecule has 2 heterocycles.